The topological polar surface area (TPSA) is 29.1 Å². The number of hydrogen-bond acceptors (Lipinski definition) is 2. The number of aryl methyl sites for hydroxylation is 2. The quantitative estimate of drug-likeness (QED) is 0.861. The van der Waals surface area contributed by atoms with Crippen molar-refractivity contribution in [2.45, 2.75) is 63.8 Å². The summed E-state index contributed by atoms with van der Waals surface area (Å²) in [6.45, 7) is 7.31. The van der Waals surface area contributed by atoms with Crippen LogP contribution in [0.1, 0.15) is 50.2 Å². The van der Waals surface area contributed by atoms with Crippen molar-refractivity contribution < 1.29 is 4.21 Å². The lowest BCUT2D eigenvalue weighted by Gasteiger charge is -2.30. The predicted molar refractivity (Wildman–Crippen MR) is 91.2 cm³/mol. The van der Waals surface area contributed by atoms with Crippen LogP contribution in [0.2, 0.25) is 0 Å². The third kappa shape index (κ3) is 4.65. The molecule has 2 unspecified atom stereocenters. The highest BCUT2D eigenvalue weighted by molar-refractivity contribution is 7.85. The van der Waals surface area contributed by atoms with Gasteiger partial charge >= 0.3 is 0 Å². The van der Waals surface area contributed by atoms with Gasteiger partial charge in [-0.15, -0.1) is 0 Å². The molecule has 2 atom stereocenters. The summed E-state index contributed by atoms with van der Waals surface area (Å²) in [4.78, 5) is 0.983. The second kappa shape index (κ2) is 8.09. The van der Waals surface area contributed by atoms with E-state index in [1.165, 1.54) is 43.2 Å². The summed E-state index contributed by atoms with van der Waals surface area (Å²) in [6, 6.07) is 6.61. The van der Waals surface area contributed by atoms with E-state index in [2.05, 4.69) is 38.2 Å². The molecule has 118 valence electrons. The van der Waals surface area contributed by atoms with Gasteiger partial charge in [0.2, 0.25) is 0 Å². The monoisotopic (exact) mass is 307 g/mol. The van der Waals surface area contributed by atoms with E-state index < -0.39 is 10.8 Å². The van der Waals surface area contributed by atoms with E-state index in [0.717, 1.165) is 17.2 Å². The Kier molecular flexibility index (Phi) is 6.43. The van der Waals surface area contributed by atoms with E-state index in [9.17, 15) is 4.21 Å². The van der Waals surface area contributed by atoms with Crippen molar-refractivity contribution in [2.75, 3.05) is 12.3 Å². The van der Waals surface area contributed by atoms with Crippen LogP contribution >= 0.6 is 0 Å². The van der Waals surface area contributed by atoms with Gasteiger partial charge in [0.05, 0.1) is 10.8 Å². The summed E-state index contributed by atoms with van der Waals surface area (Å²) < 4.78 is 12.7. The molecule has 3 heteroatoms. The molecule has 0 amide bonds. The highest BCUT2D eigenvalue weighted by Gasteiger charge is 2.25. The first-order valence-electron chi connectivity index (χ1n) is 8.30. The highest BCUT2D eigenvalue weighted by Crippen LogP contribution is 2.27. The van der Waals surface area contributed by atoms with E-state index >= 15 is 0 Å². The molecular formula is C18H29NOS. The molecule has 0 saturated heterocycles. The van der Waals surface area contributed by atoms with Crippen molar-refractivity contribution in [1.29, 1.82) is 0 Å². The maximum absolute atomic E-state index is 12.7. The van der Waals surface area contributed by atoms with Crippen molar-refractivity contribution >= 4 is 10.8 Å². The molecule has 21 heavy (non-hydrogen) atoms. The third-order valence-corrected chi connectivity index (χ3v) is 6.20. The fourth-order valence-corrected chi connectivity index (χ4v) is 4.71. The summed E-state index contributed by atoms with van der Waals surface area (Å²) >= 11 is 0. The van der Waals surface area contributed by atoms with Gasteiger partial charge in [-0.25, -0.2) is 0 Å². The smallest absolute Gasteiger partial charge is 0.0545 e. The van der Waals surface area contributed by atoms with E-state index in [-0.39, 0.29) is 0 Å². The molecule has 0 heterocycles. The van der Waals surface area contributed by atoms with E-state index in [4.69, 9.17) is 0 Å². The minimum atomic E-state index is -0.898. The van der Waals surface area contributed by atoms with Gasteiger partial charge in [0.15, 0.2) is 0 Å². The molecule has 1 saturated carbocycles. The number of hydrogen-bond donors (Lipinski definition) is 1. The Morgan fingerprint density at radius 1 is 1.19 bits per heavy atom. The van der Waals surface area contributed by atoms with E-state index in [1.54, 1.807) is 0 Å². The lowest BCUT2D eigenvalue weighted by molar-refractivity contribution is 0.287. The molecule has 2 nitrogen and oxygen atoms in total. The summed E-state index contributed by atoms with van der Waals surface area (Å²) in [5.74, 6) is 1.45. The molecule has 0 radical (unpaired) electrons. The zero-order valence-corrected chi connectivity index (χ0v) is 14.5. The largest absolute Gasteiger partial charge is 0.313 e. The van der Waals surface area contributed by atoms with Gasteiger partial charge in [0, 0.05) is 16.7 Å². The first-order valence-corrected chi connectivity index (χ1v) is 9.62. The zero-order valence-electron chi connectivity index (χ0n) is 13.7. The van der Waals surface area contributed by atoms with Crippen molar-refractivity contribution in [3.05, 3.63) is 29.3 Å². The van der Waals surface area contributed by atoms with Crippen LogP contribution in [0.15, 0.2) is 23.1 Å². The minimum Gasteiger partial charge on any atom is -0.313 e. The van der Waals surface area contributed by atoms with E-state index in [0.29, 0.717) is 12.0 Å². The normalized spacial score (nSPS) is 19.4. The molecule has 0 spiro atoms. The molecule has 2 rings (SSSR count). The SMILES string of the molecule is CCNC(CS(=O)c1ccc(C)c(C)c1)C1CCCCC1. The maximum atomic E-state index is 12.7. The molecular weight excluding hydrogens is 278 g/mol. The lowest BCUT2D eigenvalue weighted by atomic mass is 9.84. The molecule has 1 N–H and O–H groups in total. The van der Waals surface area contributed by atoms with Gasteiger partial charge in [-0.3, -0.25) is 4.21 Å². The predicted octanol–water partition coefficient (Wildman–Crippen LogP) is 3.97. The molecule has 1 aliphatic rings. The van der Waals surface area contributed by atoms with Gasteiger partial charge in [-0.1, -0.05) is 32.3 Å². The maximum Gasteiger partial charge on any atom is 0.0545 e. The number of nitrogens with one attached hydrogen (secondary N) is 1. The Balaban J connectivity index is 2.04. The molecule has 0 bridgehead atoms. The van der Waals surface area contributed by atoms with Crippen LogP contribution in [0, 0.1) is 19.8 Å². The van der Waals surface area contributed by atoms with Gasteiger partial charge in [-0.2, -0.15) is 0 Å². The fraction of sp³-hybridized carbons (Fsp3) is 0.667. The Labute approximate surface area is 132 Å². The first-order chi connectivity index (χ1) is 10.1. The Morgan fingerprint density at radius 3 is 2.52 bits per heavy atom. The molecule has 1 aliphatic carbocycles. The van der Waals surface area contributed by atoms with Crippen LogP contribution in [-0.4, -0.2) is 22.5 Å². The van der Waals surface area contributed by atoms with Gasteiger partial charge in [0.1, 0.15) is 0 Å². The molecule has 1 aromatic rings. The van der Waals surface area contributed by atoms with Crippen LogP contribution in [0.25, 0.3) is 0 Å². The number of rotatable bonds is 6. The average Bonchev–Trinajstić information content (AvgIpc) is 2.50. The van der Waals surface area contributed by atoms with Gasteiger partial charge in [0.25, 0.3) is 0 Å². The summed E-state index contributed by atoms with van der Waals surface area (Å²) in [6.07, 6.45) is 6.63. The molecule has 0 aromatic heterocycles. The van der Waals surface area contributed by atoms with Crippen LogP contribution in [0.5, 0.6) is 0 Å². The van der Waals surface area contributed by atoms with Crippen molar-refractivity contribution in [2.24, 2.45) is 5.92 Å². The molecule has 1 fully saturated rings. The van der Waals surface area contributed by atoms with Crippen molar-refractivity contribution in [1.82, 2.24) is 5.32 Å². The lowest BCUT2D eigenvalue weighted by Crippen LogP contribution is -2.41. The second-order valence-electron chi connectivity index (χ2n) is 6.32. The molecule has 1 aromatic carbocycles. The van der Waals surface area contributed by atoms with E-state index in [1.807, 2.05) is 6.07 Å². The first kappa shape index (κ1) is 16.7. The van der Waals surface area contributed by atoms with Crippen LogP contribution in [0.3, 0.4) is 0 Å². The number of benzene rings is 1. The van der Waals surface area contributed by atoms with Gasteiger partial charge < -0.3 is 5.32 Å². The van der Waals surface area contributed by atoms with Crippen molar-refractivity contribution in [3.8, 4) is 0 Å². The highest BCUT2D eigenvalue weighted by atomic mass is 32.2. The van der Waals surface area contributed by atoms with Crippen LogP contribution in [0.4, 0.5) is 0 Å². The Hall–Kier alpha value is -0.670. The van der Waals surface area contributed by atoms with Crippen LogP contribution in [-0.2, 0) is 10.8 Å². The summed E-state index contributed by atoms with van der Waals surface area (Å²) in [5.41, 5.74) is 2.50. The second-order valence-corrected chi connectivity index (χ2v) is 7.82. The molecule has 0 aliphatic heterocycles. The van der Waals surface area contributed by atoms with Crippen molar-refractivity contribution in [3.63, 3.8) is 0 Å². The summed E-state index contributed by atoms with van der Waals surface area (Å²) in [5, 5.41) is 3.59. The third-order valence-electron chi connectivity index (χ3n) is 4.76. The van der Waals surface area contributed by atoms with Gasteiger partial charge in [-0.05, 0) is 62.4 Å². The standard InChI is InChI=1S/C18H29NOS/c1-4-19-18(16-8-6-5-7-9-16)13-21(20)17-11-10-14(2)15(3)12-17/h10-12,16,18-19H,4-9,13H2,1-3H3. The fourth-order valence-electron chi connectivity index (χ4n) is 3.28. The summed E-state index contributed by atoms with van der Waals surface area (Å²) in [7, 11) is -0.898. The van der Waals surface area contributed by atoms with Crippen LogP contribution < -0.4 is 5.32 Å². The Bertz CT molecular complexity index is 480. The average molecular weight is 308 g/mol. The Morgan fingerprint density at radius 2 is 1.90 bits per heavy atom. The minimum absolute atomic E-state index is 0.401. The zero-order chi connectivity index (χ0) is 15.2.